The highest BCUT2D eigenvalue weighted by atomic mass is 35.5. The maximum absolute atomic E-state index is 12.1. The van der Waals surface area contributed by atoms with Gasteiger partial charge in [0.15, 0.2) is 0 Å². The smallest absolute Gasteiger partial charge is 0.355 e. The predicted octanol–water partition coefficient (Wildman–Crippen LogP) is 5.07. The van der Waals surface area contributed by atoms with Crippen LogP contribution in [0.1, 0.15) is 16.1 Å². The highest BCUT2D eigenvalue weighted by Gasteiger charge is 2.20. The van der Waals surface area contributed by atoms with Crippen molar-refractivity contribution in [2.24, 2.45) is 0 Å². The molecule has 1 heterocycles. The zero-order valence-electron chi connectivity index (χ0n) is 12.1. The zero-order valence-corrected chi connectivity index (χ0v) is 13.7. The summed E-state index contributed by atoms with van der Waals surface area (Å²) in [5.41, 5.74) is 2.47. The molecule has 22 heavy (non-hydrogen) atoms. The van der Waals surface area contributed by atoms with Crippen molar-refractivity contribution in [1.29, 1.82) is 0 Å². The van der Waals surface area contributed by atoms with Crippen molar-refractivity contribution in [2.75, 3.05) is 7.11 Å². The number of fused-ring (bicyclic) bond motifs is 1. The molecule has 0 atom stereocenters. The normalized spacial score (nSPS) is 10.9. The molecule has 0 saturated heterocycles. The van der Waals surface area contributed by atoms with Crippen LogP contribution in [0.4, 0.5) is 0 Å². The molecule has 0 aliphatic rings. The van der Waals surface area contributed by atoms with Gasteiger partial charge in [-0.05, 0) is 36.8 Å². The lowest BCUT2D eigenvalue weighted by molar-refractivity contribution is 0.0591. The van der Waals surface area contributed by atoms with Crippen LogP contribution in [0.3, 0.4) is 0 Å². The summed E-state index contributed by atoms with van der Waals surface area (Å²) in [7, 11) is 1.38. The molecule has 3 rings (SSSR count). The van der Waals surface area contributed by atoms with Gasteiger partial charge in [-0.15, -0.1) is 0 Å². The molecule has 1 aromatic heterocycles. The summed E-state index contributed by atoms with van der Waals surface area (Å²) in [4.78, 5) is 17.1. The minimum absolute atomic E-state index is 0.386. The van der Waals surface area contributed by atoms with Crippen LogP contribution in [-0.2, 0) is 4.74 Å². The van der Waals surface area contributed by atoms with E-state index in [2.05, 4.69) is 4.98 Å². The van der Waals surface area contributed by atoms with Crippen molar-refractivity contribution in [1.82, 2.24) is 4.98 Å². The van der Waals surface area contributed by atoms with Gasteiger partial charge in [0.25, 0.3) is 0 Å². The van der Waals surface area contributed by atoms with E-state index in [0.717, 1.165) is 26.3 Å². The van der Waals surface area contributed by atoms with E-state index in [1.807, 2.05) is 43.3 Å². The molecule has 0 unspecified atom stereocenters. The van der Waals surface area contributed by atoms with E-state index in [1.54, 1.807) is 6.07 Å². The number of esters is 1. The lowest BCUT2D eigenvalue weighted by atomic mass is 10.2. The van der Waals surface area contributed by atoms with Gasteiger partial charge in [-0.1, -0.05) is 41.6 Å². The number of methoxy groups -OCH3 is 1. The Labute approximate surface area is 137 Å². The summed E-state index contributed by atoms with van der Waals surface area (Å²) >= 11 is 7.65. The molecule has 0 radical (unpaired) electrons. The Balaban J connectivity index is 2.19. The van der Waals surface area contributed by atoms with Gasteiger partial charge in [0.2, 0.25) is 0 Å². The van der Waals surface area contributed by atoms with E-state index in [1.165, 1.54) is 18.9 Å². The molecule has 0 spiro atoms. The van der Waals surface area contributed by atoms with E-state index >= 15 is 0 Å². The molecular weight excluding hydrogens is 318 g/mol. The van der Waals surface area contributed by atoms with E-state index in [4.69, 9.17) is 16.3 Å². The van der Waals surface area contributed by atoms with Gasteiger partial charge in [-0.25, -0.2) is 4.79 Å². The number of rotatable bonds is 3. The Morgan fingerprint density at radius 1 is 1.23 bits per heavy atom. The molecule has 1 N–H and O–H groups in total. The Bertz CT molecular complexity index is 857. The second-order valence-electron chi connectivity index (χ2n) is 4.88. The van der Waals surface area contributed by atoms with Gasteiger partial charge in [0.1, 0.15) is 5.69 Å². The minimum atomic E-state index is -0.386. The third kappa shape index (κ3) is 2.72. The predicted molar refractivity (Wildman–Crippen MR) is 90.0 cm³/mol. The van der Waals surface area contributed by atoms with E-state index < -0.39 is 0 Å². The van der Waals surface area contributed by atoms with Gasteiger partial charge in [-0.2, -0.15) is 0 Å². The molecule has 112 valence electrons. The average molecular weight is 332 g/mol. The van der Waals surface area contributed by atoms with Crippen LogP contribution in [0.2, 0.25) is 5.02 Å². The maximum atomic E-state index is 12.1. The lowest BCUT2D eigenvalue weighted by Gasteiger charge is -2.06. The van der Waals surface area contributed by atoms with Crippen LogP contribution in [0, 0.1) is 6.92 Å². The Morgan fingerprint density at radius 3 is 2.73 bits per heavy atom. The van der Waals surface area contributed by atoms with Crippen LogP contribution >= 0.6 is 23.4 Å². The first kappa shape index (κ1) is 15.0. The number of halogens is 1. The molecule has 0 aliphatic heterocycles. The van der Waals surface area contributed by atoms with E-state index in [0.29, 0.717) is 10.7 Å². The van der Waals surface area contributed by atoms with Crippen molar-refractivity contribution in [3.05, 3.63) is 58.7 Å². The zero-order chi connectivity index (χ0) is 15.7. The summed E-state index contributed by atoms with van der Waals surface area (Å²) in [6.07, 6.45) is 0. The summed E-state index contributed by atoms with van der Waals surface area (Å²) in [6.45, 7) is 2.04. The summed E-state index contributed by atoms with van der Waals surface area (Å²) in [5.74, 6) is -0.386. The van der Waals surface area contributed by atoms with Crippen LogP contribution in [0.5, 0.6) is 0 Å². The van der Waals surface area contributed by atoms with Gasteiger partial charge in [-0.3, -0.25) is 0 Å². The van der Waals surface area contributed by atoms with Gasteiger partial charge < -0.3 is 9.72 Å². The Hall–Kier alpha value is -1.91. The SMILES string of the molecule is COC(=O)c1[nH]c2ccc(Cl)cc2c1Sc1ccccc1C. The average Bonchev–Trinajstić information content (AvgIpc) is 2.87. The maximum Gasteiger partial charge on any atom is 0.355 e. The Morgan fingerprint density at radius 2 is 2.00 bits per heavy atom. The highest BCUT2D eigenvalue weighted by Crippen LogP contribution is 2.39. The molecule has 3 nitrogen and oxygen atoms in total. The number of aromatic amines is 1. The molecular formula is C17H14ClNO2S. The van der Waals surface area contributed by atoms with Crippen molar-refractivity contribution < 1.29 is 9.53 Å². The van der Waals surface area contributed by atoms with E-state index in [9.17, 15) is 4.79 Å². The molecule has 5 heteroatoms. The fraction of sp³-hybridized carbons (Fsp3) is 0.118. The molecule has 2 aromatic carbocycles. The summed E-state index contributed by atoms with van der Waals surface area (Å²) in [5, 5.41) is 1.55. The highest BCUT2D eigenvalue weighted by molar-refractivity contribution is 7.99. The summed E-state index contributed by atoms with van der Waals surface area (Å²) < 4.78 is 4.89. The molecule has 0 amide bonds. The second kappa shape index (κ2) is 6.07. The van der Waals surface area contributed by atoms with Gasteiger partial charge >= 0.3 is 5.97 Å². The Kier molecular flexibility index (Phi) is 4.14. The standard InChI is InChI=1S/C17H14ClNO2S/c1-10-5-3-4-6-14(10)22-16-12-9-11(18)7-8-13(12)19-15(16)17(20)21-2/h3-9,19H,1-2H3. The van der Waals surface area contributed by atoms with Crippen molar-refractivity contribution in [3.8, 4) is 0 Å². The number of aryl methyl sites for hydroxylation is 1. The third-order valence-electron chi connectivity index (χ3n) is 3.41. The van der Waals surface area contributed by atoms with Crippen LogP contribution < -0.4 is 0 Å². The minimum Gasteiger partial charge on any atom is -0.464 e. The monoisotopic (exact) mass is 331 g/mol. The number of aromatic nitrogens is 1. The molecule has 0 bridgehead atoms. The van der Waals surface area contributed by atoms with Crippen molar-refractivity contribution >= 4 is 40.2 Å². The first-order valence-electron chi connectivity index (χ1n) is 6.73. The number of hydrogen-bond acceptors (Lipinski definition) is 3. The molecule has 3 aromatic rings. The van der Waals surface area contributed by atoms with Gasteiger partial charge in [0.05, 0.1) is 12.0 Å². The number of carbonyl (C=O) groups is 1. The number of nitrogens with one attached hydrogen (secondary N) is 1. The van der Waals surface area contributed by atoms with Gasteiger partial charge in [0, 0.05) is 20.8 Å². The number of carbonyl (C=O) groups excluding carboxylic acids is 1. The number of ether oxygens (including phenoxy) is 1. The second-order valence-corrected chi connectivity index (χ2v) is 6.37. The molecule has 0 fully saturated rings. The van der Waals surface area contributed by atoms with E-state index in [-0.39, 0.29) is 5.97 Å². The van der Waals surface area contributed by atoms with Crippen LogP contribution in [-0.4, -0.2) is 18.1 Å². The number of hydrogen-bond donors (Lipinski definition) is 1. The number of H-pyrrole nitrogens is 1. The fourth-order valence-corrected chi connectivity index (χ4v) is 3.56. The molecule has 0 saturated carbocycles. The topological polar surface area (TPSA) is 42.1 Å². The largest absolute Gasteiger partial charge is 0.464 e. The van der Waals surface area contributed by atoms with Crippen LogP contribution in [0.25, 0.3) is 10.9 Å². The fourth-order valence-electron chi connectivity index (χ4n) is 2.27. The summed E-state index contributed by atoms with van der Waals surface area (Å²) in [6, 6.07) is 13.6. The third-order valence-corrected chi connectivity index (χ3v) is 4.95. The number of benzene rings is 2. The first-order chi connectivity index (χ1) is 10.6. The van der Waals surface area contributed by atoms with Crippen molar-refractivity contribution in [3.63, 3.8) is 0 Å². The lowest BCUT2D eigenvalue weighted by Crippen LogP contribution is -2.02. The first-order valence-corrected chi connectivity index (χ1v) is 7.92. The quantitative estimate of drug-likeness (QED) is 0.681. The van der Waals surface area contributed by atoms with Crippen LogP contribution in [0.15, 0.2) is 52.3 Å². The molecule has 0 aliphatic carbocycles. The van der Waals surface area contributed by atoms with Crippen molar-refractivity contribution in [2.45, 2.75) is 16.7 Å².